The molecule has 0 amide bonds. The lowest BCUT2D eigenvalue weighted by molar-refractivity contribution is 0.396. The Kier molecular flexibility index (Phi) is 2.08. The zero-order chi connectivity index (χ0) is 5.82. The SMILES string of the molecule is IC1=CN=CC=CO1. The van der Waals surface area contributed by atoms with Crippen molar-refractivity contribution in [3.05, 3.63) is 22.3 Å². The first-order chi connectivity index (χ1) is 3.89. The molecule has 8 heavy (non-hydrogen) atoms. The average Bonchev–Trinajstić information content (AvgIpc) is 1.94. The molecular weight excluding hydrogens is 217 g/mol. The minimum Gasteiger partial charge on any atom is -0.457 e. The van der Waals surface area contributed by atoms with Crippen molar-refractivity contribution in [2.75, 3.05) is 0 Å². The Morgan fingerprint density at radius 1 is 1.62 bits per heavy atom. The predicted molar refractivity (Wildman–Crippen MR) is 40.8 cm³/mol. The predicted octanol–water partition coefficient (Wildman–Crippen LogP) is 1.83. The molecular formula is C5H4INO. The van der Waals surface area contributed by atoms with Crippen LogP contribution in [0.5, 0.6) is 0 Å². The van der Waals surface area contributed by atoms with Crippen LogP contribution in [0.1, 0.15) is 0 Å². The second-order valence-electron chi connectivity index (χ2n) is 1.18. The van der Waals surface area contributed by atoms with Crippen LogP contribution < -0.4 is 0 Å². The minimum atomic E-state index is 0.785. The molecule has 2 nitrogen and oxygen atoms in total. The van der Waals surface area contributed by atoms with Crippen LogP contribution in [0.4, 0.5) is 0 Å². The van der Waals surface area contributed by atoms with Gasteiger partial charge in [-0.15, -0.1) is 0 Å². The molecule has 0 N–H and O–H groups in total. The van der Waals surface area contributed by atoms with Gasteiger partial charge in [-0.3, -0.25) is 4.99 Å². The van der Waals surface area contributed by atoms with Gasteiger partial charge >= 0.3 is 0 Å². The van der Waals surface area contributed by atoms with E-state index in [4.69, 9.17) is 4.74 Å². The maximum Gasteiger partial charge on any atom is 0.181 e. The van der Waals surface area contributed by atoms with Crippen molar-refractivity contribution in [3.8, 4) is 0 Å². The van der Waals surface area contributed by atoms with E-state index in [1.165, 1.54) is 0 Å². The number of rotatable bonds is 0. The molecule has 0 fully saturated rings. The van der Waals surface area contributed by atoms with Crippen LogP contribution in [-0.2, 0) is 4.74 Å². The van der Waals surface area contributed by atoms with Gasteiger partial charge in [-0.05, 0) is 6.08 Å². The third kappa shape index (κ3) is 1.65. The Hall–Kier alpha value is -0.320. The standard InChI is InChI=1S/C5H4INO/c6-5-4-7-2-1-3-8-5/h1-4H. The first kappa shape index (κ1) is 5.81. The molecule has 0 aromatic rings. The van der Waals surface area contributed by atoms with Gasteiger partial charge in [-0.25, -0.2) is 0 Å². The second-order valence-corrected chi connectivity index (χ2v) is 2.24. The molecule has 0 aromatic heterocycles. The highest BCUT2D eigenvalue weighted by molar-refractivity contribution is 14.1. The summed E-state index contributed by atoms with van der Waals surface area (Å²) in [5, 5.41) is 0. The van der Waals surface area contributed by atoms with Gasteiger partial charge in [0.05, 0.1) is 12.5 Å². The summed E-state index contributed by atoms with van der Waals surface area (Å²) in [7, 11) is 0. The van der Waals surface area contributed by atoms with Crippen molar-refractivity contribution in [1.82, 2.24) is 0 Å². The van der Waals surface area contributed by atoms with Crippen molar-refractivity contribution in [3.63, 3.8) is 0 Å². The Balaban J connectivity index is 2.69. The van der Waals surface area contributed by atoms with Crippen molar-refractivity contribution < 1.29 is 4.74 Å². The first-order valence-electron chi connectivity index (χ1n) is 2.10. The molecule has 0 unspecified atom stereocenters. The molecule has 0 aromatic carbocycles. The monoisotopic (exact) mass is 221 g/mol. The lowest BCUT2D eigenvalue weighted by Gasteiger charge is -1.89. The second kappa shape index (κ2) is 2.86. The van der Waals surface area contributed by atoms with E-state index in [1.807, 2.05) is 0 Å². The largest absolute Gasteiger partial charge is 0.457 e. The number of halogens is 1. The van der Waals surface area contributed by atoms with Crippen LogP contribution in [0.3, 0.4) is 0 Å². The van der Waals surface area contributed by atoms with E-state index in [1.54, 1.807) is 24.8 Å². The van der Waals surface area contributed by atoms with Crippen LogP contribution in [0.15, 0.2) is 27.3 Å². The Morgan fingerprint density at radius 3 is 3.38 bits per heavy atom. The van der Waals surface area contributed by atoms with Crippen LogP contribution in [0.25, 0.3) is 0 Å². The summed E-state index contributed by atoms with van der Waals surface area (Å²) >= 11 is 2.06. The molecule has 0 atom stereocenters. The van der Waals surface area contributed by atoms with E-state index in [-0.39, 0.29) is 0 Å². The molecule has 0 radical (unpaired) electrons. The Labute approximate surface area is 61.1 Å². The Bertz CT molecular complexity index is 160. The molecule has 1 aliphatic heterocycles. The maximum atomic E-state index is 4.94. The van der Waals surface area contributed by atoms with E-state index in [0.717, 1.165) is 3.77 Å². The lowest BCUT2D eigenvalue weighted by Crippen LogP contribution is -1.67. The molecule has 42 valence electrons. The van der Waals surface area contributed by atoms with Crippen LogP contribution in [-0.4, -0.2) is 6.21 Å². The van der Waals surface area contributed by atoms with Gasteiger partial charge in [0.15, 0.2) is 3.77 Å². The van der Waals surface area contributed by atoms with Crippen molar-refractivity contribution in [2.24, 2.45) is 4.99 Å². The summed E-state index contributed by atoms with van der Waals surface area (Å²) < 4.78 is 5.73. The average molecular weight is 221 g/mol. The molecule has 0 spiro atoms. The van der Waals surface area contributed by atoms with Gasteiger partial charge < -0.3 is 4.74 Å². The zero-order valence-corrected chi connectivity index (χ0v) is 6.20. The number of allylic oxidation sites excluding steroid dienone is 1. The van der Waals surface area contributed by atoms with E-state index < -0.39 is 0 Å². The van der Waals surface area contributed by atoms with Gasteiger partial charge in [0.2, 0.25) is 0 Å². The fourth-order valence-corrected chi connectivity index (χ4v) is 0.629. The van der Waals surface area contributed by atoms with Crippen molar-refractivity contribution in [1.29, 1.82) is 0 Å². The van der Waals surface area contributed by atoms with Gasteiger partial charge in [-0.1, -0.05) is 0 Å². The van der Waals surface area contributed by atoms with E-state index in [9.17, 15) is 0 Å². The lowest BCUT2D eigenvalue weighted by atomic mass is 10.7. The number of hydrogen-bond acceptors (Lipinski definition) is 2. The maximum absolute atomic E-state index is 4.94. The molecule has 0 bridgehead atoms. The zero-order valence-electron chi connectivity index (χ0n) is 4.04. The molecule has 0 saturated carbocycles. The van der Waals surface area contributed by atoms with Gasteiger partial charge in [0, 0.05) is 28.8 Å². The van der Waals surface area contributed by atoms with Gasteiger partial charge in [-0.2, -0.15) is 0 Å². The molecule has 1 heterocycles. The number of ether oxygens (including phenoxy) is 1. The van der Waals surface area contributed by atoms with Gasteiger partial charge in [0.25, 0.3) is 0 Å². The van der Waals surface area contributed by atoms with Crippen LogP contribution >= 0.6 is 22.6 Å². The van der Waals surface area contributed by atoms with E-state index in [0.29, 0.717) is 0 Å². The first-order valence-corrected chi connectivity index (χ1v) is 3.18. The number of nitrogens with zero attached hydrogens (tertiary/aromatic N) is 1. The fraction of sp³-hybridized carbons (Fsp3) is 0. The summed E-state index contributed by atoms with van der Waals surface area (Å²) in [6.45, 7) is 0. The summed E-state index contributed by atoms with van der Waals surface area (Å²) in [5.74, 6) is 0. The smallest absolute Gasteiger partial charge is 0.181 e. The normalized spacial score (nSPS) is 16.9. The minimum absolute atomic E-state index is 0.785. The molecule has 0 aliphatic carbocycles. The highest BCUT2D eigenvalue weighted by Gasteiger charge is 1.86. The van der Waals surface area contributed by atoms with Crippen LogP contribution in [0.2, 0.25) is 0 Å². The quantitative estimate of drug-likeness (QED) is 0.572. The summed E-state index contributed by atoms with van der Waals surface area (Å²) in [6, 6.07) is 0. The van der Waals surface area contributed by atoms with Crippen molar-refractivity contribution in [2.45, 2.75) is 0 Å². The highest BCUT2D eigenvalue weighted by Crippen LogP contribution is 2.08. The fourth-order valence-electron chi connectivity index (χ4n) is 0.321. The molecule has 1 rings (SSSR count). The topological polar surface area (TPSA) is 21.6 Å². The third-order valence-electron chi connectivity index (χ3n) is 0.607. The Morgan fingerprint density at radius 2 is 2.50 bits per heavy atom. The van der Waals surface area contributed by atoms with E-state index >= 15 is 0 Å². The summed E-state index contributed by atoms with van der Waals surface area (Å²) in [4.78, 5) is 3.85. The molecule has 3 heteroatoms. The summed E-state index contributed by atoms with van der Waals surface area (Å²) in [6.07, 6.45) is 6.66. The summed E-state index contributed by atoms with van der Waals surface area (Å²) in [5.41, 5.74) is 0. The molecule has 0 saturated heterocycles. The molecule has 1 aliphatic rings. The van der Waals surface area contributed by atoms with Crippen LogP contribution in [0, 0.1) is 0 Å². The van der Waals surface area contributed by atoms with Crippen molar-refractivity contribution >= 4 is 28.8 Å². The van der Waals surface area contributed by atoms with E-state index in [2.05, 4.69) is 27.6 Å². The van der Waals surface area contributed by atoms with Gasteiger partial charge in [0.1, 0.15) is 0 Å². The number of aliphatic imine (C=N–C) groups is 1. The third-order valence-corrected chi connectivity index (χ3v) is 1.14. The highest BCUT2D eigenvalue weighted by atomic mass is 127. The number of hydrogen-bond donors (Lipinski definition) is 0.